The van der Waals surface area contributed by atoms with Crippen LogP contribution in [-0.4, -0.2) is 123 Å². The van der Waals surface area contributed by atoms with Gasteiger partial charge in [0.25, 0.3) is 0 Å². The number of nitrogens with one attached hydrogen (secondary N) is 2. The van der Waals surface area contributed by atoms with Crippen molar-refractivity contribution in [1.29, 1.82) is 0 Å². The van der Waals surface area contributed by atoms with Gasteiger partial charge in [0.1, 0.15) is 0 Å². The molecular weight excluding hydrogens is 672 g/mol. The highest BCUT2D eigenvalue weighted by Crippen LogP contribution is 2.39. The molecule has 1 heterocycles. The fraction of sp³-hybridized carbons (Fsp3) is 0.733. The Morgan fingerprint density at radius 1 is 0.960 bits per heavy atom. The number of hydrogen-bond acceptors (Lipinski definition) is 18. The first kappa shape index (κ1) is 43.4. The van der Waals surface area contributed by atoms with Crippen molar-refractivity contribution in [3.63, 3.8) is 0 Å². The Morgan fingerprint density at radius 2 is 1.54 bits per heavy atom. The number of aliphatic hydroxyl groups excluding tert-OH is 1. The lowest BCUT2D eigenvalue weighted by Gasteiger charge is -2.44. The predicted molar refractivity (Wildman–Crippen MR) is 168 cm³/mol. The Kier molecular flexibility index (Phi) is 13.4. The van der Waals surface area contributed by atoms with Crippen LogP contribution in [0.5, 0.6) is 11.5 Å². The van der Waals surface area contributed by atoms with Crippen molar-refractivity contribution in [3.8, 4) is 11.5 Å². The van der Waals surface area contributed by atoms with Crippen LogP contribution >= 0.6 is 0 Å². The summed E-state index contributed by atoms with van der Waals surface area (Å²) in [6.07, 6.45) is -8.20. The smallest absolute Gasteiger partial charge is 0.431 e. The molecule has 1 saturated heterocycles. The summed E-state index contributed by atoms with van der Waals surface area (Å²) < 4.78 is 13.5. The summed E-state index contributed by atoms with van der Waals surface area (Å²) in [5.41, 5.74) is 6.92. The lowest BCUT2D eigenvalue weighted by molar-refractivity contribution is -0.535. The third-order valence-corrected chi connectivity index (χ3v) is 8.71. The number of benzene rings is 1. The first-order valence-electron chi connectivity index (χ1n) is 15.6. The average Bonchev–Trinajstić information content (AvgIpc) is 3.29. The van der Waals surface area contributed by atoms with Gasteiger partial charge < -0.3 is 82.0 Å². The van der Waals surface area contributed by atoms with E-state index in [-0.39, 0.29) is 43.2 Å². The number of primary amides is 1. The summed E-state index contributed by atoms with van der Waals surface area (Å²) in [5.74, 6) is -11.9. The van der Waals surface area contributed by atoms with E-state index in [0.29, 0.717) is 18.9 Å². The Bertz CT molecular complexity index is 1320. The number of amides is 2. The van der Waals surface area contributed by atoms with Crippen molar-refractivity contribution in [3.05, 3.63) is 23.8 Å². The molecule has 1 aromatic carbocycles. The molecule has 2 rings (SSSR count). The highest BCUT2D eigenvalue weighted by molar-refractivity contribution is 5.83. The second-order valence-corrected chi connectivity index (χ2v) is 14.0. The number of hydrogen-bond donors (Lipinski definition) is 15. The zero-order valence-corrected chi connectivity index (χ0v) is 28.6. The Morgan fingerprint density at radius 3 is 2.04 bits per heavy atom. The molecule has 20 heteroatoms. The number of nitrogens with two attached hydrogens (primary N) is 2. The monoisotopic (exact) mass is 724 g/mol. The van der Waals surface area contributed by atoms with E-state index >= 15 is 0 Å². The molecule has 17 N–H and O–H groups in total. The zero-order chi connectivity index (χ0) is 38.8. The minimum Gasteiger partial charge on any atom is -0.431 e. The van der Waals surface area contributed by atoms with Crippen LogP contribution in [0.3, 0.4) is 0 Å². The van der Waals surface area contributed by atoms with Gasteiger partial charge in [0.05, 0.1) is 11.5 Å². The highest BCUT2D eigenvalue weighted by atomic mass is 16.9. The van der Waals surface area contributed by atoms with Gasteiger partial charge >= 0.3 is 24.1 Å². The largest absolute Gasteiger partial charge is 0.453 e. The first-order valence-corrected chi connectivity index (χ1v) is 15.6. The summed E-state index contributed by atoms with van der Waals surface area (Å²) in [7, 11) is 0. The SMILES string of the molecule is CC(C)C(CC(O)C1CC(Cc2ccc(OC(O)(O)O)c(OC(O)(O)C(O)(O)C(C)(N)OC(O)(O)O)c2)C(C)N1)C(=O)NCC(C)(C)C(N)=O. The topological polar surface area (TPSA) is 360 Å². The van der Waals surface area contributed by atoms with Crippen LogP contribution in [0.1, 0.15) is 59.9 Å². The molecule has 1 fully saturated rings. The molecule has 20 nitrogen and oxygen atoms in total. The molecule has 0 saturated carbocycles. The second-order valence-electron chi connectivity index (χ2n) is 14.0. The van der Waals surface area contributed by atoms with Crippen LogP contribution in [0.4, 0.5) is 0 Å². The number of rotatable bonds is 18. The maximum absolute atomic E-state index is 13.0. The van der Waals surface area contributed by atoms with Crippen molar-refractivity contribution in [2.45, 2.75) is 109 Å². The molecule has 0 radical (unpaired) electrons. The van der Waals surface area contributed by atoms with Crippen LogP contribution in [0.25, 0.3) is 0 Å². The van der Waals surface area contributed by atoms with E-state index in [1.54, 1.807) is 13.8 Å². The first-order chi connectivity index (χ1) is 22.4. The quantitative estimate of drug-likeness (QED) is 0.0631. The lowest BCUT2D eigenvalue weighted by atomic mass is 9.85. The minimum atomic E-state index is -4.23. The van der Waals surface area contributed by atoms with Gasteiger partial charge in [-0.3, -0.25) is 20.1 Å². The molecule has 1 aromatic rings. The maximum atomic E-state index is 13.0. The van der Waals surface area contributed by atoms with Crippen LogP contribution in [0.15, 0.2) is 18.2 Å². The van der Waals surface area contributed by atoms with Crippen LogP contribution in [0.2, 0.25) is 0 Å². The van der Waals surface area contributed by atoms with E-state index in [1.165, 1.54) is 6.07 Å². The summed E-state index contributed by atoms with van der Waals surface area (Å²) >= 11 is 0. The fourth-order valence-corrected chi connectivity index (χ4v) is 5.43. The average molecular weight is 725 g/mol. The summed E-state index contributed by atoms with van der Waals surface area (Å²) in [4.78, 5) is 24.7. The molecule has 0 aliphatic carbocycles. The van der Waals surface area contributed by atoms with Crippen molar-refractivity contribution in [2.75, 3.05) is 6.54 Å². The molecule has 0 aromatic heterocycles. The normalized spacial score (nSPS) is 21.8. The van der Waals surface area contributed by atoms with Gasteiger partial charge in [-0.05, 0) is 76.5 Å². The van der Waals surface area contributed by atoms with Gasteiger partial charge in [-0.25, -0.2) is 0 Å². The number of carbonyl (C=O) groups excluding carboxylic acids is 2. The van der Waals surface area contributed by atoms with Gasteiger partial charge in [-0.1, -0.05) is 19.9 Å². The molecule has 288 valence electrons. The van der Waals surface area contributed by atoms with Crippen molar-refractivity contribution in [2.24, 2.45) is 34.6 Å². The molecule has 0 bridgehead atoms. The number of ether oxygens (including phenoxy) is 3. The number of aliphatic hydroxyl groups is 11. The third-order valence-electron chi connectivity index (χ3n) is 8.71. The van der Waals surface area contributed by atoms with Crippen LogP contribution in [0, 0.1) is 23.2 Å². The van der Waals surface area contributed by atoms with E-state index in [9.17, 15) is 50.4 Å². The van der Waals surface area contributed by atoms with Crippen LogP contribution < -0.4 is 31.6 Å². The molecule has 2 amide bonds. The molecule has 50 heavy (non-hydrogen) atoms. The Labute approximate surface area is 287 Å². The molecule has 6 unspecified atom stereocenters. The zero-order valence-electron chi connectivity index (χ0n) is 28.6. The Hall–Kier alpha value is -2.80. The van der Waals surface area contributed by atoms with Gasteiger partial charge in [0.2, 0.25) is 11.8 Å². The maximum Gasteiger partial charge on any atom is 0.453 e. The van der Waals surface area contributed by atoms with Crippen LogP contribution in [-0.2, 0) is 20.7 Å². The predicted octanol–water partition coefficient (Wildman–Crippen LogP) is -4.81. The van der Waals surface area contributed by atoms with E-state index < -0.39 is 70.7 Å². The molecule has 1 aliphatic rings. The highest BCUT2D eigenvalue weighted by Gasteiger charge is 2.64. The fourth-order valence-electron chi connectivity index (χ4n) is 5.43. The Balaban J connectivity index is 2.28. The molecule has 6 atom stereocenters. The van der Waals surface area contributed by atoms with Gasteiger partial charge in [0.15, 0.2) is 17.2 Å². The van der Waals surface area contributed by atoms with E-state index in [0.717, 1.165) is 12.1 Å². The standard InChI is InChI=1S/C30H52N4O16/c1-14(2)18(23(36)33-13-25(4,5)24(31)37)12-20(35)19-11-17(15(3)34-19)9-16-7-8-21(49-29(42,43)44)22(10-16)48-28(40,41)27(38,39)26(6,32)50-30(45,46)47/h7-8,10,14-15,17-20,34-35,38-47H,9,11-13,32H2,1-6H3,(H2,31,37)(H,33,36). The van der Waals surface area contributed by atoms with Crippen molar-refractivity contribution >= 4 is 11.8 Å². The summed E-state index contributed by atoms with van der Waals surface area (Å²) in [5, 5.41) is 114. The third kappa shape index (κ3) is 11.4. The molecular formula is C30H52N4O16. The van der Waals surface area contributed by atoms with Gasteiger partial charge in [0, 0.05) is 24.5 Å². The molecule has 1 aliphatic heterocycles. The minimum absolute atomic E-state index is 0.0198. The van der Waals surface area contributed by atoms with Crippen molar-refractivity contribution in [1.82, 2.24) is 10.6 Å². The van der Waals surface area contributed by atoms with E-state index in [4.69, 9.17) is 31.5 Å². The van der Waals surface area contributed by atoms with Gasteiger partial charge in [-0.2, -0.15) is 0 Å². The van der Waals surface area contributed by atoms with E-state index in [2.05, 4.69) is 20.1 Å². The van der Waals surface area contributed by atoms with E-state index in [1.807, 2.05) is 20.8 Å². The van der Waals surface area contributed by atoms with Gasteiger partial charge in [-0.15, -0.1) is 0 Å². The molecule has 0 spiro atoms. The summed E-state index contributed by atoms with van der Waals surface area (Å²) in [6.45, 7) is 9.21. The lowest BCUT2D eigenvalue weighted by Crippen LogP contribution is -2.75. The number of carbonyl (C=O) groups is 2. The second kappa shape index (κ2) is 15.4. The van der Waals surface area contributed by atoms with Crippen molar-refractivity contribution < 1.29 is 80.0 Å². The summed E-state index contributed by atoms with van der Waals surface area (Å²) in [6, 6.07) is 2.73.